The Kier molecular flexibility index (Phi) is 7.27. The Morgan fingerprint density at radius 2 is 1.83 bits per heavy atom. The summed E-state index contributed by atoms with van der Waals surface area (Å²) in [4.78, 5) is 26.4. The number of nitrogens with zero attached hydrogens (tertiary/aromatic N) is 2. The molecule has 2 aromatic rings. The fraction of sp³-hybridized carbons (Fsp3) is 0.429. The normalized spacial score (nSPS) is 16.7. The predicted molar refractivity (Wildman–Crippen MR) is 114 cm³/mol. The molecule has 9 heteroatoms. The van der Waals surface area contributed by atoms with Crippen molar-refractivity contribution in [1.82, 2.24) is 9.21 Å². The van der Waals surface area contributed by atoms with E-state index in [9.17, 15) is 18.0 Å². The number of carbonyl (C=O) groups excluding carboxylic acids is 2. The number of piperidine rings is 1. The van der Waals surface area contributed by atoms with Crippen molar-refractivity contribution in [1.29, 1.82) is 0 Å². The highest BCUT2D eigenvalue weighted by Gasteiger charge is 2.33. The van der Waals surface area contributed by atoms with Gasteiger partial charge in [0.05, 0.1) is 12.0 Å². The summed E-state index contributed by atoms with van der Waals surface area (Å²) in [6.07, 6.45) is 0.766. The standard InChI is InChI=1S/C21H26N2O5S2/c1-16(17-7-4-3-5-8-17)22(2)19(24)15-28-21(25)18-10-12-23(13-11-18)30(26,27)20-9-6-14-29-20/h3-9,14,16,18H,10-13,15H2,1-2H3. The molecule has 30 heavy (non-hydrogen) atoms. The first-order valence-corrected chi connectivity index (χ1v) is 12.1. The van der Waals surface area contributed by atoms with Gasteiger partial charge in [0.25, 0.3) is 15.9 Å². The molecule has 1 aromatic carbocycles. The minimum atomic E-state index is -3.50. The number of esters is 1. The summed E-state index contributed by atoms with van der Waals surface area (Å²) in [6.45, 7) is 2.12. The van der Waals surface area contributed by atoms with E-state index in [1.807, 2.05) is 37.3 Å². The highest BCUT2D eigenvalue weighted by Crippen LogP contribution is 2.27. The van der Waals surface area contributed by atoms with Gasteiger partial charge in [0.2, 0.25) is 0 Å². The van der Waals surface area contributed by atoms with Crippen LogP contribution in [-0.2, 0) is 24.3 Å². The van der Waals surface area contributed by atoms with E-state index in [0.717, 1.165) is 5.56 Å². The molecular formula is C21H26N2O5S2. The fourth-order valence-electron chi connectivity index (χ4n) is 3.39. The molecule has 0 aliphatic carbocycles. The smallest absolute Gasteiger partial charge is 0.309 e. The number of amides is 1. The van der Waals surface area contributed by atoms with Crippen molar-refractivity contribution in [2.45, 2.75) is 30.0 Å². The van der Waals surface area contributed by atoms with Crippen LogP contribution in [-0.4, -0.2) is 56.2 Å². The number of benzene rings is 1. The molecule has 1 aliphatic heterocycles. The number of rotatable bonds is 7. The molecule has 0 saturated carbocycles. The van der Waals surface area contributed by atoms with Crippen LogP contribution in [0.25, 0.3) is 0 Å². The van der Waals surface area contributed by atoms with E-state index < -0.39 is 21.9 Å². The summed E-state index contributed by atoms with van der Waals surface area (Å²) >= 11 is 1.18. The second-order valence-electron chi connectivity index (χ2n) is 7.31. The van der Waals surface area contributed by atoms with Crippen molar-refractivity contribution in [2.75, 3.05) is 26.7 Å². The summed E-state index contributed by atoms with van der Waals surface area (Å²) in [5.74, 6) is -1.13. The zero-order chi connectivity index (χ0) is 21.7. The van der Waals surface area contributed by atoms with Crippen molar-refractivity contribution in [3.63, 3.8) is 0 Å². The number of hydrogen-bond acceptors (Lipinski definition) is 6. The van der Waals surface area contributed by atoms with Gasteiger partial charge in [0.1, 0.15) is 4.21 Å². The molecule has 0 radical (unpaired) electrons. The van der Waals surface area contributed by atoms with Gasteiger partial charge in [-0.2, -0.15) is 4.31 Å². The van der Waals surface area contributed by atoms with Crippen LogP contribution in [0, 0.1) is 5.92 Å². The predicted octanol–water partition coefficient (Wildman–Crippen LogP) is 2.91. The lowest BCUT2D eigenvalue weighted by atomic mass is 9.98. The van der Waals surface area contributed by atoms with Crippen LogP contribution in [0.3, 0.4) is 0 Å². The maximum absolute atomic E-state index is 12.6. The summed E-state index contributed by atoms with van der Waals surface area (Å²) in [7, 11) is -1.82. The van der Waals surface area contributed by atoms with Crippen LogP contribution < -0.4 is 0 Å². The Hall–Kier alpha value is -2.23. The zero-order valence-electron chi connectivity index (χ0n) is 17.1. The van der Waals surface area contributed by atoms with E-state index in [2.05, 4.69) is 0 Å². The van der Waals surface area contributed by atoms with E-state index in [0.29, 0.717) is 17.1 Å². The Bertz CT molecular complexity index is 953. The van der Waals surface area contributed by atoms with E-state index in [1.54, 1.807) is 29.5 Å². The third-order valence-corrected chi connectivity index (χ3v) is 8.74. The Balaban J connectivity index is 1.47. The highest BCUT2D eigenvalue weighted by molar-refractivity contribution is 7.91. The molecule has 2 heterocycles. The largest absolute Gasteiger partial charge is 0.455 e. The van der Waals surface area contributed by atoms with Gasteiger partial charge in [0, 0.05) is 20.1 Å². The highest BCUT2D eigenvalue weighted by atomic mass is 32.2. The average molecular weight is 451 g/mol. The van der Waals surface area contributed by atoms with Crippen LogP contribution >= 0.6 is 11.3 Å². The van der Waals surface area contributed by atoms with Crippen LogP contribution in [0.15, 0.2) is 52.1 Å². The van der Waals surface area contributed by atoms with E-state index in [-0.39, 0.29) is 31.6 Å². The lowest BCUT2D eigenvalue weighted by Crippen LogP contribution is -2.41. The second kappa shape index (κ2) is 9.72. The van der Waals surface area contributed by atoms with E-state index in [1.165, 1.54) is 15.6 Å². The molecule has 1 amide bonds. The number of likely N-dealkylation sites (N-methyl/N-ethyl adjacent to an activating group) is 1. The maximum atomic E-state index is 12.6. The van der Waals surface area contributed by atoms with Crippen molar-refractivity contribution < 1.29 is 22.7 Å². The van der Waals surface area contributed by atoms with Gasteiger partial charge >= 0.3 is 5.97 Å². The Morgan fingerprint density at radius 3 is 2.43 bits per heavy atom. The minimum Gasteiger partial charge on any atom is -0.455 e. The van der Waals surface area contributed by atoms with Gasteiger partial charge in [-0.3, -0.25) is 9.59 Å². The van der Waals surface area contributed by atoms with Crippen molar-refractivity contribution in [3.05, 3.63) is 53.4 Å². The fourth-order valence-corrected chi connectivity index (χ4v) is 6.01. The molecule has 0 N–H and O–H groups in total. The third-order valence-electron chi connectivity index (χ3n) is 5.47. The number of ether oxygens (including phenoxy) is 1. The first-order chi connectivity index (χ1) is 14.3. The van der Waals surface area contributed by atoms with Gasteiger partial charge in [-0.05, 0) is 36.8 Å². The topological polar surface area (TPSA) is 84.0 Å². The number of sulfonamides is 1. The molecular weight excluding hydrogens is 424 g/mol. The molecule has 1 saturated heterocycles. The molecule has 0 spiro atoms. The first-order valence-electron chi connectivity index (χ1n) is 9.81. The number of thiophene rings is 1. The summed E-state index contributed by atoms with van der Waals surface area (Å²) in [5.41, 5.74) is 0.999. The summed E-state index contributed by atoms with van der Waals surface area (Å²) < 4.78 is 32.1. The Morgan fingerprint density at radius 1 is 1.17 bits per heavy atom. The first kappa shape index (κ1) is 22.5. The summed E-state index contributed by atoms with van der Waals surface area (Å²) in [5, 5.41) is 1.73. The molecule has 0 bridgehead atoms. The zero-order valence-corrected chi connectivity index (χ0v) is 18.7. The number of hydrogen-bond donors (Lipinski definition) is 0. The van der Waals surface area contributed by atoms with Crippen LogP contribution in [0.4, 0.5) is 0 Å². The van der Waals surface area contributed by atoms with E-state index in [4.69, 9.17) is 4.74 Å². The monoisotopic (exact) mass is 450 g/mol. The SMILES string of the molecule is CC(c1ccccc1)N(C)C(=O)COC(=O)C1CCN(S(=O)(=O)c2cccs2)CC1. The third kappa shape index (κ3) is 5.08. The van der Waals surface area contributed by atoms with Crippen molar-refractivity contribution >= 4 is 33.2 Å². The van der Waals surface area contributed by atoms with Gasteiger partial charge in [-0.25, -0.2) is 8.42 Å². The second-order valence-corrected chi connectivity index (χ2v) is 10.4. The quantitative estimate of drug-likeness (QED) is 0.606. The lowest BCUT2D eigenvalue weighted by Gasteiger charge is -2.30. The summed E-state index contributed by atoms with van der Waals surface area (Å²) in [6, 6.07) is 12.8. The average Bonchev–Trinajstić information content (AvgIpc) is 3.33. The van der Waals surface area contributed by atoms with Gasteiger partial charge in [-0.1, -0.05) is 36.4 Å². The van der Waals surface area contributed by atoms with Gasteiger partial charge in [-0.15, -0.1) is 11.3 Å². The van der Waals surface area contributed by atoms with Gasteiger partial charge < -0.3 is 9.64 Å². The van der Waals surface area contributed by atoms with E-state index >= 15 is 0 Å². The van der Waals surface area contributed by atoms with Crippen LogP contribution in [0.5, 0.6) is 0 Å². The molecule has 3 rings (SSSR count). The Labute approximate surface area is 181 Å². The van der Waals surface area contributed by atoms with Crippen molar-refractivity contribution in [3.8, 4) is 0 Å². The molecule has 1 atom stereocenters. The van der Waals surface area contributed by atoms with Crippen LogP contribution in [0.1, 0.15) is 31.4 Å². The number of carbonyl (C=O) groups is 2. The molecule has 162 valence electrons. The minimum absolute atomic E-state index is 0.136. The molecule has 1 fully saturated rings. The lowest BCUT2D eigenvalue weighted by molar-refractivity contribution is -0.156. The molecule has 1 aliphatic rings. The van der Waals surface area contributed by atoms with Gasteiger partial charge in [0.15, 0.2) is 6.61 Å². The molecule has 1 unspecified atom stereocenters. The van der Waals surface area contributed by atoms with Crippen LogP contribution in [0.2, 0.25) is 0 Å². The maximum Gasteiger partial charge on any atom is 0.309 e. The molecule has 1 aromatic heterocycles. The molecule has 7 nitrogen and oxygen atoms in total. The van der Waals surface area contributed by atoms with Crippen molar-refractivity contribution in [2.24, 2.45) is 5.92 Å².